The average Bonchev–Trinajstić information content (AvgIpc) is 2.81. The predicted molar refractivity (Wildman–Crippen MR) is 84.1 cm³/mol. The molecule has 1 spiro atoms. The molecule has 2 heterocycles. The van der Waals surface area contributed by atoms with Crippen molar-refractivity contribution < 1.29 is 13.2 Å². The van der Waals surface area contributed by atoms with Gasteiger partial charge in [0.25, 0.3) is 0 Å². The molecule has 3 N–H and O–H groups in total. The summed E-state index contributed by atoms with van der Waals surface area (Å²) >= 11 is 1.66. The Balaban J connectivity index is 1.77. The van der Waals surface area contributed by atoms with E-state index in [2.05, 4.69) is 5.32 Å². The molecule has 0 aliphatic carbocycles. The van der Waals surface area contributed by atoms with Crippen LogP contribution in [0.5, 0.6) is 0 Å². The molecule has 3 rings (SSSR count). The Bertz CT molecular complexity index is 667. The maximum atomic E-state index is 11.4. The Morgan fingerprint density at radius 3 is 2.81 bits per heavy atom. The molecular formula is C13H17N3O3S2. The number of nitrogens with two attached hydrogens (primary N) is 1. The van der Waals surface area contributed by atoms with Crippen molar-refractivity contribution in [1.29, 1.82) is 0 Å². The number of hydrogen-bond donors (Lipinski definition) is 2. The summed E-state index contributed by atoms with van der Waals surface area (Å²) in [6.07, 6.45) is 1.87. The van der Waals surface area contributed by atoms with Gasteiger partial charge in [-0.15, -0.1) is 0 Å². The number of amidine groups is 1. The number of sulfonamides is 1. The van der Waals surface area contributed by atoms with Crippen molar-refractivity contribution in [3.05, 3.63) is 24.3 Å². The molecular weight excluding hydrogens is 310 g/mol. The zero-order chi connectivity index (χ0) is 14.9. The SMILES string of the molecule is NS(=O)(=O)c1cccc(NC2=NC3(CCOCC3)CS2)c1. The third kappa shape index (κ3) is 3.39. The molecule has 0 unspecified atom stereocenters. The number of benzene rings is 1. The fraction of sp³-hybridized carbons (Fsp3) is 0.462. The van der Waals surface area contributed by atoms with Crippen LogP contribution in [0.3, 0.4) is 0 Å². The first-order chi connectivity index (χ1) is 9.97. The minimum absolute atomic E-state index is 0.0250. The van der Waals surface area contributed by atoms with Gasteiger partial charge in [-0.25, -0.2) is 13.6 Å². The summed E-state index contributed by atoms with van der Waals surface area (Å²) in [6, 6.07) is 6.46. The second kappa shape index (κ2) is 5.60. The van der Waals surface area contributed by atoms with E-state index in [1.54, 1.807) is 23.9 Å². The summed E-state index contributed by atoms with van der Waals surface area (Å²) in [5.74, 6) is 0.938. The third-order valence-electron chi connectivity index (χ3n) is 3.65. The highest BCUT2D eigenvalue weighted by Gasteiger charge is 2.37. The number of ether oxygens (including phenoxy) is 1. The first kappa shape index (κ1) is 14.8. The molecule has 0 radical (unpaired) electrons. The highest BCUT2D eigenvalue weighted by molar-refractivity contribution is 8.14. The topological polar surface area (TPSA) is 93.8 Å². The van der Waals surface area contributed by atoms with Crippen LogP contribution in [0, 0.1) is 0 Å². The third-order valence-corrected chi connectivity index (χ3v) is 5.71. The molecule has 1 saturated heterocycles. The number of primary sulfonamides is 1. The summed E-state index contributed by atoms with van der Waals surface area (Å²) in [7, 11) is -3.69. The Hall–Kier alpha value is -1.09. The van der Waals surface area contributed by atoms with Crippen molar-refractivity contribution in [2.24, 2.45) is 10.1 Å². The van der Waals surface area contributed by atoms with Crippen LogP contribution in [0.4, 0.5) is 5.69 Å². The predicted octanol–water partition coefficient (Wildman–Crippen LogP) is 1.40. The molecule has 0 saturated carbocycles. The normalized spacial score (nSPS) is 21.3. The van der Waals surface area contributed by atoms with Crippen LogP contribution in [0.15, 0.2) is 34.2 Å². The fourth-order valence-corrected chi connectivity index (χ4v) is 4.19. The van der Waals surface area contributed by atoms with Gasteiger partial charge in [-0.2, -0.15) is 0 Å². The van der Waals surface area contributed by atoms with E-state index in [1.807, 2.05) is 0 Å². The van der Waals surface area contributed by atoms with Gasteiger partial charge in [-0.1, -0.05) is 17.8 Å². The summed E-state index contributed by atoms with van der Waals surface area (Å²) in [4.78, 5) is 4.87. The van der Waals surface area contributed by atoms with E-state index in [9.17, 15) is 8.42 Å². The first-order valence-electron chi connectivity index (χ1n) is 6.67. The molecule has 2 aliphatic heterocycles. The summed E-state index contributed by atoms with van der Waals surface area (Å²) in [5.41, 5.74) is 0.653. The van der Waals surface area contributed by atoms with Crippen molar-refractivity contribution in [2.75, 3.05) is 24.3 Å². The van der Waals surface area contributed by atoms with Crippen LogP contribution >= 0.6 is 11.8 Å². The van der Waals surface area contributed by atoms with Crippen molar-refractivity contribution in [2.45, 2.75) is 23.3 Å². The Morgan fingerprint density at radius 1 is 1.33 bits per heavy atom. The highest BCUT2D eigenvalue weighted by atomic mass is 32.2. The average molecular weight is 327 g/mol. The zero-order valence-corrected chi connectivity index (χ0v) is 13.0. The van der Waals surface area contributed by atoms with Gasteiger partial charge in [0.05, 0.1) is 10.4 Å². The second-order valence-corrected chi connectivity index (χ2v) is 7.77. The summed E-state index contributed by atoms with van der Waals surface area (Å²) in [5, 5.41) is 9.14. The van der Waals surface area contributed by atoms with Crippen LogP contribution in [0.2, 0.25) is 0 Å². The van der Waals surface area contributed by atoms with Gasteiger partial charge in [-0.3, -0.25) is 4.99 Å². The summed E-state index contributed by atoms with van der Waals surface area (Å²) in [6.45, 7) is 1.50. The molecule has 1 fully saturated rings. The molecule has 0 amide bonds. The minimum Gasteiger partial charge on any atom is -0.381 e. The van der Waals surface area contributed by atoms with Crippen molar-refractivity contribution in [3.8, 4) is 0 Å². The molecule has 114 valence electrons. The number of nitrogens with one attached hydrogen (secondary N) is 1. The smallest absolute Gasteiger partial charge is 0.238 e. The van der Waals surface area contributed by atoms with Gasteiger partial charge in [0.15, 0.2) is 5.17 Å². The molecule has 21 heavy (non-hydrogen) atoms. The van der Waals surface area contributed by atoms with E-state index in [-0.39, 0.29) is 10.4 Å². The quantitative estimate of drug-likeness (QED) is 0.856. The van der Waals surface area contributed by atoms with Crippen LogP contribution < -0.4 is 10.5 Å². The monoisotopic (exact) mass is 327 g/mol. The maximum absolute atomic E-state index is 11.4. The molecule has 0 atom stereocenters. The van der Waals surface area contributed by atoms with Crippen LogP contribution in [0.25, 0.3) is 0 Å². The van der Waals surface area contributed by atoms with Crippen LogP contribution in [0.1, 0.15) is 12.8 Å². The van der Waals surface area contributed by atoms with Crippen LogP contribution in [-0.2, 0) is 14.8 Å². The Labute approximate surface area is 128 Å². The lowest BCUT2D eigenvalue weighted by Crippen LogP contribution is -2.34. The van der Waals surface area contributed by atoms with Crippen molar-refractivity contribution in [3.63, 3.8) is 0 Å². The van der Waals surface area contributed by atoms with Gasteiger partial charge < -0.3 is 10.1 Å². The van der Waals surface area contributed by atoms with E-state index >= 15 is 0 Å². The highest BCUT2D eigenvalue weighted by Crippen LogP contribution is 2.36. The summed E-state index contributed by atoms with van der Waals surface area (Å²) < 4.78 is 28.1. The number of thioether (sulfide) groups is 1. The molecule has 8 heteroatoms. The lowest BCUT2D eigenvalue weighted by atomic mass is 9.93. The largest absolute Gasteiger partial charge is 0.381 e. The van der Waals surface area contributed by atoms with E-state index < -0.39 is 10.0 Å². The fourth-order valence-electron chi connectivity index (χ4n) is 2.43. The van der Waals surface area contributed by atoms with Crippen molar-refractivity contribution >= 4 is 32.6 Å². The number of nitrogens with zero attached hydrogens (tertiary/aromatic N) is 1. The van der Waals surface area contributed by atoms with Gasteiger partial charge >= 0.3 is 0 Å². The lowest BCUT2D eigenvalue weighted by molar-refractivity contribution is 0.0624. The lowest BCUT2D eigenvalue weighted by Gasteiger charge is -2.29. The molecule has 0 bridgehead atoms. The molecule has 0 aromatic heterocycles. The van der Waals surface area contributed by atoms with Crippen LogP contribution in [-0.4, -0.2) is 38.1 Å². The zero-order valence-electron chi connectivity index (χ0n) is 11.4. The number of hydrogen-bond acceptors (Lipinski definition) is 6. The van der Waals surface area contributed by atoms with Gasteiger partial charge in [0, 0.05) is 24.7 Å². The number of aliphatic imine (C=N–C) groups is 1. The molecule has 6 nitrogen and oxygen atoms in total. The first-order valence-corrected chi connectivity index (χ1v) is 9.20. The molecule has 1 aromatic rings. The van der Waals surface area contributed by atoms with E-state index in [1.165, 1.54) is 12.1 Å². The number of rotatable bonds is 2. The molecule has 2 aliphatic rings. The Morgan fingerprint density at radius 2 is 2.10 bits per heavy atom. The van der Waals surface area contributed by atoms with Gasteiger partial charge in [0.2, 0.25) is 10.0 Å². The van der Waals surface area contributed by atoms with Gasteiger partial charge in [0.1, 0.15) is 0 Å². The van der Waals surface area contributed by atoms with E-state index in [0.717, 1.165) is 37.0 Å². The van der Waals surface area contributed by atoms with Crippen molar-refractivity contribution in [1.82, 2.24) is 0 Å². The standard InChI is InChI=1S/C13H17N3O3S2/c14-21(17,18)11-3-1-2-10(8-11)15-12-16-13(9-20-12)4-6-19-7-5-13/h1-3,8H,4-7,9H2,(H,15,16)(H2,14,17,18). The Kier molecular flexibility index (Phi) is 3.96. The van der Waals surface area contributed by atoms with E-state index in [0.29, 0.717) is 5.69 Å². The minimum atomic E-state index is -3.69. The van der Waals surface area contributed by atoms with Gasteiger partial charge in [-0.05, 0) is 31.0 Å². The maximum Gasteiger partial charge on any atom is 0.238 e. The number of anilines is 1. The molecule has 1 aromatic carbocycles. The van der Waals surface area contributed by atoms with E-state index in [4.69, 9.17) is 14.9 Å². The second-order valence-electron chi connectivity index (χ2n) is 5.24.